The molecule has 260 valence electrons. The minimum Gasteiger partial charge on any atom is -0.871 e. The molecule has 6 N–H and O–H groups in total. The quantitative estimate of drug-likeness (QED) is 0.0391. The van der Waals surface area contributed by atoms with E-state index < -0.39 is 41.5 Å². The summed E-state index contributed by atoms with van der Waals surface area (Å²) in [6.07, 6.45) is 0. The predicted molar refractivity (Wildman–Crippen MR) is 177 cm³/mol. The Morgan fingerprint density at radius 1 is 0.673 bits per heavy atom. The van der Waals surface area contributed by atoms with E-state index in [9.17, 15) is 31.0 Å². The van der Waals surface area contributed by atoms with Crippen LogP contribution in [0, 0.1) is 0 Å². The summed E-state index contributed by atoms with van der Waals surface area (Å²) in [4.78, 5) is 11.4. The molecule has 0 atom stereocenters. The number of aliphatic hydroxyl groups is 2. The van der Waals surface area contributed by atoms with E-state index in [2.05, 4.69) is 51.4 Å². The normalized spacial score (nSPS) is 11.7. The van der Waals surface area contributed by atoms with Gasteiger partial charge in [-0.15, -0.1) is 5.11 Å². The van der Waals surface area contributed by atoms with Crippen molar-refractivity contribution in [2.75, 3.05) is 42.3 Å². The summed E-state index contributed by atoms with van der Waals surface area (Å²) in [6.45, 7) is -0.0659. The zero-order valence-electron chi connectivity index (χ0n) is 27.5. The zero-order chi connectivity index (χ0) is 35.9. The van der Waals surface area contributed by atoms with Crippen molar-refractivity contribution in [2.45, 2.75) is 9.79 Å². The van der Waals surface area contributed by atoms with Crippen LogP contribution in [0.4, 0.5) is 46.3 Å². The van der Waals surface area contributed by atoms with Gasteiger partial charge in [0.2, 0.25) is 17.8 Å². The molecule has 0 saturated heterocycles. The number of nitrogens with one attached hydrogen (secondary N) is 3. The molecule has 19 nitrogen and oxygen atoms in total. The summed E-state index contributed by atoms with van der Waals surface area (Å²) in [5.74, 6) is -0.543. The second-order valence-electron chi connectivity index (χ2n) is 10.1. The number of fused-ring (bicyclic) bond motifs is 1. The van der Waals surface area contributed by atoms with Crippen LogP contribution in [0.2, 0.25) is 0 Å². The molecule has 0 unspecified atom stereocenters. The first-order valence-corrected chi connectivity index (χ1v) is 17.2. The van der Waals surface area contributed by atoms with Crippen molar-refractivity contribution in [1.82, 2.24) is 15.0 Å². The second-order valence-corrected chi connectivity index (χ2v) is 12.8. The Morgan fingerprint density at radius 2 is 1.15 bits per heavy atom. The summed E-state index contributed by atoms with van der Waals surface area (Å²) in [5.41, 5.74) is 0.560. The number of anilines is 4. The van der Waals surface area contributed by atoms with E-state index in [4.69, 9.17) is 10.2 Å². The Hall–Kier alpha value is -3.71. The van der Waals surface area contributed by atoms with Crippen LogP contribution in [0.25, 0.3) is 10.8 Å². The minimum atomic E-state index is -4.95. The van der Waals surface area contributed by atoms with Gasteiger partial charge in [-0.2, -0.15) is 38.7 Å². The number of azo groups is 2. The molecule has 23 heteroatoms. The fourth-order valence-electron chi connectivity index (χ4n) is 4.25. The van der Waals surface area contributed by atoms with E-state index in [0.717, 1.165) is 18.2 Å². The Morgan fingerprint density at radius 3 is 1.63 bits per heavy atom. The molecule has 0 saturated carbocycles. The number of rotatable bonds is 14. The summed E-state index contributed by atoms with van der Waals surface area (Å²) in [7, 11) is -9.54. The smallest absolute Gasteiger partial charge is 0.871 e. The Balaban J connectivity index is 0.00000364. The van der Waals surface area contributed by atoms with Gasteiger partial charge in [0.15, 0.2) is 0 Å². The Bertz CT molecular complexity index is 2270. The number of hydrogen-bond acceptors (Lipinski definition) is 18. The molecule has 0 fully saturated rings. The monoisotopic (exact) mass is 768 g/mol. The maximum absolute atomic E-state index is 13.4. The second kappa shape index (κ2) is 18.9. The molecule has 0 aliphatic carbocycles. The standard InChI is InChI=1S/C29H28N10O9S2.2Na/c40-13-11-30-27-33-28(31-12-14-41)35-29(34-27)32-21-7-10-23-17(15-21)16-24(50(46,47)48)25(26(23)42)39-38-19-3-1-18(2-4-19)36-37-20-5-8-22(9-6-20)49(43,44)45;;/h1-10,15-16,40-42H,11-14H2,(H,43,44,45)(H,46,47,48)(H3,30,31,32,33,34,35);;/q;2*+1/p-2. The summed E-state index contributed by atoms with van der Waals surface area (Å²) in [5, 5.41) is 56.2. The van der Waals surface area contributed by atoms with Gasteiger partial charge in [0.1, 0.15) is 15.0 Å². The van der Waals surface area contributed by atoms with Crippen molar-refractivity contribution in [2.24, 2.45) is 20.5 Å². The molecule has 1 aromatic heterocycles. The van der Waals surface area contributed by atoms with Gasteiger partial charge >= 0.3 is 59.1 Å². The maximum atomic E-state index is 13.4. The van der Waals surface area contributed by atoms with Gasteiger partial charge in [-0.3, -0.25) is 4.55 Å². The third-order valence-corrected chi connectivity index (χ3v) is 8.23. The van der Waals surface area contributed by atoms with Crippen molar-refractivity contribution >= 4 is 77.3 Å². The topological polar surface area (TPSA) is 299 Å². The van der Waals surface area contributed by atoms with Gasteiger partial charge < -0.3 is 35.8 Å². The van der Waals surface area contributed by atoms with Gasteiger partial charge in [0.05, 0.1) is 40.9 Å². The van der Waals surface area contributed by atoms with E-state index in [1.165, 1.54) is 54.6 Å². The molecular formula is C29H26N10Na2O9S2. The van der Waals surface area contributed by atoms with Crippen LogP contribution in [0.15, 0.2) is 103 Å². The third-order valence-electron chi connectivity index (χ3n) is 6.51. The predicted octanol–water partition coefficient (Wildman–Crippen LogP) is -2.36. The molecular weight excluding hydrogens is 742 g/mol. The first-order chi connectivity index (χ1) is 23.8. The van der Waals surface area contributed by atoms with Gasteiger partial charge in [-0.25, -0.2) is 8.42 Å². The zero-order valence-corrected chi connectivity index (χ0v) is 33.1. The van der Waals surface area contributed by atoms with E-state index in [1.807, 2.05) is 0 Å². The molecule has 4 aromatic carbocycles. The average molecular weight is 769 g/mol. The van der Waals surface area contributed by atoms with Crippen molar-refractivity contribution in [1.29, 1.82) is 0 Å². The van der Waals surface area contributed by atoms with Crippen LogP contribution in [0.3, 0.4) is 0 Å². The van der Waals surface area contributed by atoms with Gasteiger partial charge in [-0.05, 0) is 77.5 Å². The fourth-order valence-corrected chi connectivity index (χ4v) is 5.37. The van der Waals surface area contributed by atoms with Crippen LogP contribution in [0.5, 0.6) is 5.75 Å². The largest absolute Gasteiger partial charge is 1.00 e. The Labute approximate surface area is 340 Å². The number of hydrogen-bond donors (Lipinski definition) is 6. The van der Waals surface area contributed by atoms with E-state index >= 15 is 0 Å². The van der Waals surface area contributed by atoms with Crippen molar-refractivity contribution < 1.29 is 100 Å². The number of aromatic nitrogens is 3. The fraction of sp³-hybridized carbons (Fsp3) is 0.138. The van der Waals surface area contributed by atoms with E-state index in [1.54, 1.807) is 0 Å². The summed E-state index contributed by atoms with van der Waals surface area (Å²) in [6, 6.07) is 16.2. The molecule has 0 radical (unpaired) electrons. The number of benzene rings is 4. The first-order valence-electron chi connectivity index (χ1n) is 14.3. The van der Waals surface area contributed by atoms with Crippen molar-refractivity contribution in [3.63, 3.8) is 0 Å². The minimum absolute atomic E-state index is 0. The van der Waals surface area contributed by atoms with Gasteiger partial charge in [0.25, 0.3) is 10.1 Å². The van der Waals surface area contributed by atoms with E-state index in [-0.39, 0.29) is 125 Å². The third kappa shape index (κ3) is 11.4. The average Bonchev–Trinajstić information content (AvgIpc) is 3.08. The molecule has 0 bridgehead atoms. The van der Waals surface area contributed by atoms with Gasteiger partial charge in [-0.1, -0.05) is 11.8 Å². The van der Waals surface area contributed by atoms with Crippen LogP contribution < -0.4 is 80.2 Å². The molecule has 5 aromatic rings. The Kier molecular flexibility index (Phi) is 15.5. The molecule has 52 heavy (non-hydrogen) atoms. The number of aliphatic hydroxyl groups excluding tert-OH is 2. The molecule has 0 aliphatic heterocycles. The van der Waals surface area contributed by atoms with Crippen molar-refractivity contribution in [3.8, 4) is 5.75 Å². The molecule has 5 rings (SSSR count). The SMILES string of the molecule is O=S(=O)([O-])c1ccc(N=Nc2ccc(N=Nc3c(S(=O)(=O)O)cc4cc(Nc5nc(NCCO)nc(NCCO)n5)ccc4c3[O-])cc2)cc1.[Na+].[Na+]. The molecule has 1 heterocycles. The van der Waals surface area contributed by atoms with Gasteiger partial charge in [0, 0.05) is 18.8 Å². The van der Waals surface area contributed by atoms with Crippen LogP contribution in [-0.4, -0.2) is 77.4 Å². The van der Waals surface area contributed by atoms with Crippen LogP contribution >= 0.6 is 0 Å². The van der Waals surface area contributed by atoms with Crippen LogP contribution in [0.1, 0.15) is 0 Å². The number of nitrogens with zero attached hydrogens (tertiary/aromatic N) is 7. The van der Waals surface area contributed by atoms with E-state index in [0.29, 0.717) is 11.4 Å². The van der Waals surface area contributed by atoms with Crippen LogP contribution in [-0.2, 0) is 20.2 Å². The molecule has 0 amide bonds. The maximum Gasteiger partial charge on any atom is 1.00 e. The first kappa shape index (κ1) is 42.7. The molecule has 0 aliphatic rings. The van der Waals surface area contributed by atoms with Crippen molar-refractivity contribution in [3.05, 3.63) is 72.8 Å². The summed E-state index contributed by atoms with van der Waals surface area (Å²) >= 11 is 0. The summed E-state index contributed by atoms with van der Waals surface area (Å²) < 4.78 is 67.9. The molecule has 0 spiro atoms.